The van der Waals surface area contributed by atoms with Crippen LogP contribution in [0.4, 0.5) is 5.69 Å². The first-order chi connectivity index (χ1) is 9.06. The fourth-order valence-electron chi connectivity index (χ4n) is 2.29. The molecule has 0 radical (unpaired) electrons. The SMILES string of the molecule is COCC(N)C(=O)N1c2ccccc2C[C@H]1C(=O)O. The summed E-state index contributed by atoms with van der Waals surface area (Å²) < 4.78 is 4.85. The van der Waals surface area contributed by atoms with E-state index >= 15 is 0 Å². The Morgan fingerprint density at radius 3 is 2.84 bits per heavy atom. The van der Waals surface area contributed by atoms with Crippen LogP contribution in [-0.2, 0) is 20.7 Å². The molecule has 0 fully saturated rings. The van der Waals surface area contributed by atoms with E-state index in [-0.39, 0.29) is 6.61 Å². The first-order valence-corrected chi connectivity index (χ1v) is 5.94. The summed E-state index contributed by atoms with van der Waals surface area (Å²) >= 11 is 0. The molecule has 1 aromatic rings. The van der Waals surface area contributed by atoms with Gasteiger partial charge in [0, 0.05) is 19.2 Å². The summed E-state index contributed by atoms with van der Waals surface area (Å²) in [6, 6.07) is 5.38. The molecule has 0 saturated carbocycles. The number of rotatable bonds is 4. The maximum absolute atomic E-state index is 12.3. The van der Waals surface area contributed by atoms with Gasteiger partial charge in [-0.3, -0.25) is 9.69 Å². The number of hydrogen-bond acceptors (Lipinski definition) is 4. The largest absolute Gasteiger partial charge is 0.480 e. The van der Waals surface area contributed by atoms with E-state index in [1.165, 1.54) is 12.0 Å². The van der Waals surface area contributed by atoms with Crippen molar-refractivity contribution in [3.8, 4) is 0 Å². The molecule has 0 saturated heterocycles. The topological polar surface area (TPSA) is 92.9 Å². The van der Waals surface area contributed by atoms with Crippen molar-refractivity contribution in [2.75, 3.05) is 18.6 Å². The average Bonchev–Trinajstić information content (AvgIpc) is 2.77. The number of amides is 1. The monoisotopic (exact) mass is 264 g/mol. The zero-order chi connectivity index (χ0) is 14.0. The molecular weight excluding hydrogens is 248 g/mol. The van der Waals surface area contributed by atoms with Crippen LogP contribution >= 0.6 is 0 Å². The predicted octanol–water partition coefficient (Wildman–Crippen LogP) is 0.00260. The molecule has 2 atom stereocenters. The molecule has 1 aliphatic rings. The minimum absolute atomic E-state index is 0.0594. The molecule has 102 valence electrons. The van der Waals surface area contributed by atoms with Crippen LogP contribution in [0.3, 0.4) is 0 Å². The Labute approximate surface area is 110 Å². The molecular formula is C13H16N2O4. The number of methoxy groups -OCH3 is 1. The van der Waals surface area contributed by atoms with Gasteiger partial charge >= 0.3 is 5.97 Å². The molecule has 6 heteroatoms. The number of carboxylic acids is 1. The summed E-state index contributed by atoms with van der Waals surface area (Å²) in [4.78, 5) is 24.8. The van der Waals surface area contributed by atoms with Crippen LogP contribution in [-0.4, -0.2) is 42.8 Å². The number of nitrogens with two attached hydrogens (primary N) is 1. The number of fused-ring (bicyclic) bond motifs is 1. The Morgan fingerprint density at radius 2 is 2.21 bits per heavy atom. The summed E-state index contributed by atoms with van der Waals surface area (Å²) in [5.41, 5.74) is 7.18. The van der Waals surface area contributed by atoms with Gasteiger partial charge in [0.15, 0.2) is 0 Å². The van der Waals surface area contributed by atoms with Crippen LogP contribution < -0.4 is 10.6 Å². The van der Waals surface area contributed by atoms with E-state index in [1.54, 1.807) is 12.1 Å². The number of hydrogen-bond donors (Lipinski definition) is 2. The average molecular weight is 264 g/mol. The highest BCUT2D eigenvalue weighted by atomic mass is 16.5. The first-order valence-electron chi connectivity index (χ1n) is 5.94. The van der Waals surface area contributed by atoms with E-state index in [2.05, 4.69) is 0 Å². The number of benzene rings is 1. The van der Waals surface area contributed by atoms with Gasteiger partial charge in [-0.1, -0.05) is 18.2 Å². The summed E-state index contributed by atoms with van der Waals surface area (Å²) in [5.74, 6) is -1.46. The lowest BCUT2D eigenvalue weighted by Gasteiger charge is -2.25. The van der Waals surface area contributed by atoms with Crippen LogP contribution in [0.15, 0.2) is 24.3 Å². The van der Waals surface area contributed by atoms with Crippen molar-refractivity contribution >= 4 is 17.6 Å². The van der Waals surface area contributed by atoms with Crippen molar-refractivity contribution in [3.05, 3.63) is 29.8 Å². The second-order valence-corrected chi connectivity index (χ2v) is 4.46. The molecule has 19 heavy (non-hydrogen) atoms. The Hall–Kier alpha value is -1.92. The summed E-state index contributed by atoms with van der Waals surface area (Å²) in [5, 5.41) is 9.25. The van der Waals surface area contributed by atoms with Gasteiger partial charge in [0.25, 0.3) is 0 Å². The van der Waals surface area contributed by atoms with Crippen LogP contribution in [0, 0.1) is 0 Å². The Balaban J connectivity index is 2.34. The maximum atomic E-state index is 12.3. The van der Waals surface area contributed by atoms with Crippen molar-refractivity contribution in [1.82, 2.24) is 0 Å². The zero-order valence-corrected chi connectivity index (χ0v) is 10.6. The van der Waals surface area contributed by atoms with E-state index < -0.39 is 24.0 Å². The van der Waals surface area contributed by atoms with Crippen molar-refractivity contribution in [3.63, 3.8) is 0 Å². The molecule has 1 amide bonds. The second kappa shape index (κ2) is 5.38. The van der Waals surface area contributed by atoms with Gasteiger partial charge in [-0.25, -0.2) is 4.79 Å². The summed E-state index contributed by atoms with van der Waals surface area (Å²) in [6.07, 6.45) is 0.303. The van der Waals surface area contributed by atoms with Crippen LogP contribution in [0.25, 0.3) is 0 Å². The van der Waals surface area contributed by atoms with Crippen molar-refractivity contribution in [1.29, 1.82) is 0 Å². The number of para-hydroxylation sites is 1. The molecule has 0 aliphatic carbocycles. The van der Waals surface area contributed by atoms with Crippen molar-refractivity contribution in [2.45, 2.75) is 18.5 Å². The van der Waals surface area contributed by atoms with Crippen LogP contribution in [0.5, 0.6) is 0 Å². The molecule has 0 aromatic heterocycles. The summed E-state index contributed by atoms with van der Waals surface area (Å²) in [6.45, 7) is 0.0594. The number of carbonyl (C=O) groups excluding carboxylic acids is 1. The highest BCUT2D eigenvalue weighted by Gasteiger charge is 2.39. The molecule has 6 nitrogen and oxygen atoms in total. The van der Waals surface area contributed by atoms with E-state index in [1.807, 2.05) is 12.1 Å². The molecule has 0 spiro atoms. The third-order valence-corrected chi connectivity index (χ3v) is 3.16. The molecule has 1 heterocycles. The third kappa shape index (κ3) is 2.45. The number of anilines is 1. The predicted molar refractivity (Wildman–Crippen MR) is 68.9 cm³/mol. The minimum Gasteiger partial charge on any atom is -0.480 e. The fourth-order valence-corrected chi connectivity index (χ4v) is 2.29. The quantitative estimate of drug-likeness (QED) is 0.798. The molecule has 0 bridgehead atoms. The van der Waals surface area contributed by atoms with Gasteiger partial charge in [-0.05, 0) is 11.6 Å². The summed E-state index contributed by atoms with van der Waals surface area (Å²) in [7, 11) is 1.44. The Bertz CT molecular complexity index is 503. The zero-order valence-electron chi connectivity index (χ0n) is 10.6. The molecule has 2 rings (SSSR count). The lowest BCUT2D eigenvalue weighted by atomic mass is 10.1. The van der Waals surface area contributed by atoms with Gasteiger partial charge in [0.05, 0.1) is 6.61 Å². The van der Waals surface area contributed by atoms with Gasteiger partial charge in [0.1, 0.15) is 12.1 Å². The fraction of sp³-hybridized carbons (Fsp3) is 0.385. The van der Waals surface area contributed by atoms with Gasteiger partial charge in [0.2, 0.25) is 5.91 Å². The van der Waals surface area contributed by atoms with Crippen LogP contribution in [0.2, 0.25) is 0 Å². The van der Waals surface area contributed by atoms with Gasteiger partial charge < -0.3 is 15.6 Å². The standard InChI is InChI=1S/C13H16N2O4/c1-19-7-9(14)12(16)15-10-5-3-2-4-8(10)6-11(15)13(17)18/h2-5,9,11H,6-7,14H2,1H3,(H,17,18)/t9?,11-/m0/s1. The van der Waals surface area contributed by atoms with E-state index in [0.717, 1.165) is 5.56 Å². The molecule has 1 aromatic carbocycles. The lowest BCUT2D eigenvalue weighted by molar-refractivity contribution is -0.140. The van der Waals surface area contributed by atoms with E-state index in [0.29, 0.717) is 12.1 Å². The first kappa shape index (κ1) is 13.5. The van der Waals surface area contributed by atoms with Crippen molar-refractivity contribution < 1.29 is 19.4 Å². The second-order valence-electron chi connectivity index (χ2n) is 4.46. The number of nitrogens with zero attached hydrogens (tertiary/aromatic N) is 1. The number of carboxylic acid groups (broad SMARTS) is 1. The van der Waals surface area contributed by atoms with Gasteiger partial charge in [-0.2, -0.15) is 0 Å². The highest BCUT2D eigenvalue weighted by molar-refractivity contribution is 6.04. The number of ether oxygens (including phenoxy) is 1. The minimum atomic E-state index is -1.03. The highest BCUT2D eigenvalue weighted by Crippen LogP contribution is 2.32. The number of aliphatic carboxylic acids is 1. The van der Waals surface area contributed by atoms with E-state index in [4.69, 9.17) is 10.5 Å². The Kier molecular flexibility index (Phi) is 3.82. The molecule has 3 N–H and O–H groups in total. The molecule has 1 aliphatic heterocycles. The lowest BCUT2D eigenvalue weighted by Crippen LogP contribution is -2.51. The van der Waals surface area contributed by atoms with E-state index in [9.17, 15) is 14.7 Å². The van der Waals surface area contributed by atoms with Gasteiger partial charge in [-0.15, -0.1) is 0 Å². The van der Waals surface area contributed by atoms with Crippen molar-refractivity contribution in [2.24, 2.45) is 5.73 Å². The Morgan fingerprint density at radius 1 is 1.53 bits per heavy atom. The smallest absolute Gasteiger partial charge is 0.327 e. The van der Waals surface area contributed by atoms with Crippen LogP contribution in [0.1, 0.15) is 5.56 Å². The molecule has 1 unspecified atom stereocenters. The maximum Gasteiger partial charge on any atom is 0.327 e. The normalized spacial score (nSPS) is 19.1. The number of carbonyl (C=O) groups is 2. The third-order valence-electron chi connectivity index (χ3n) is 3.16.